The van der Waals surface area contributed by atoms with E-state index >= 15 is 0 Å². The zero-order valence-corrected chi connectivity index (χ0v) is 12.9. The van der Waals surface area contributed by atoms with Gasteiger partial charge in [0.25, 0.3) is 0 Å². The molecule has 1 heterocycles. The van der Waals surface area contributed by atoms with Crippen molar-refractivity contribution in [2.45, 2.75) is 103 Å². The fourth-order valence-corrected chi connectivity index (χ4v) is 2.93. The minimum absolute atomic E-state index is 0.0722. The molecule has 19 heavy (non-hydrogen) atoms. The van der Waals surface area contributed by atoms with Crippen molar-refractivity contribution in [3.05, 3.63) is 0 Å². The van der Waals surface area contributed by atoms with Crippen LogP contribution < -0.4 is 0 Å². The number of rotatable bonds is 12. The number of hydrogen-bond acceptors (Lipinski definition) is 2. The highest BCUT2D eigenvalue weighted by Gasteiger charge is 2.15. The smallest absolute Gasteiger partial charge is 0.0576 e. The van der Waals surface area contributed by atoms with Gasteiger partial charge >= 0.3 is 0 Å². The van der Waals surface area contributed by atoms with Crippen LogP contribution in [-0.4, -0.2) is 23.9 Å². The average molecular weight is 270 g/mol. The minimum atomic E-state index is -0.0722. The molecule has 0 aromatic rings. The predicted molar refractivity (Wildman–Crippen MR) is 81.4 cm³/mol. The molecule has 2 unspecified atom stereocenters. The van der Waals surface area contributed by atoms with E-state index in [0.717, 1.165) is 32.3 Å². The molecular weight excluding hydrogens is 236 g/mol. The first-order valence-electron chi connectivity index (χ1n) is 8.62. The summed E-state index contributed by atoms with van der Waals surface area (Å²) in [5.41, 5.74) is 0. The van der Waals surface area contributed by atoms with E-state index in [-0.39, 0.29) is 6.10 Å². The monoisotopic (exact) mass is 270 g/mol. The summed E-state index contributed by atoms with van der Waals surface area (Å²) in [5, 5.41) is 9.92. The standard InChI is InChI=1S/C17H34O2/c1-2-3-4-5-6-7-8-11-16(18)12-9-13-17-14-10-15-19-17/h16-18H,2-15H2,1H3. The number of hydrogen-bond donors (Lipinski definition) is 1. The normalized spacial score (nSPS) is 20.8. The van der Waals surface area contributed by atoms with E-state index in [2.05, 4.69) is 6.92 Å². The van der Waals surface area contributed by atoms with Crippen molar-refractivity contribution in [2.75, 3.05) is 6.61 Å². The summed E-state index contributed by atoms with van der Waals surface area (Å²) in [4.78, 5) is 0. The SMILES string of the molecule is CCCCCCCCCC(O)CCCC1CCCO1. The summed E-state index contributed by atoms with van der Waals surface area (Å²) in [5.74, 6) is 0. The third-order valence-electron chi connectivity index (χ3n) is 4.23. The lowest BCUT2D eigenvalue weighted by molar-refractivity contribution is 0.0928. The molecule has 114 valence electrons. The van der Waals surface area contributed by atoms with Gasteiger partial charge in [0.05, 0.1) is 12.2 Å². The van der Waals surface area contributed by atoms with Crippen LogP contribution in [0.1, 0.15) is 90.4 Å². The molecule has 1 saturated heterocycles. The number of ether oxygens (including phenoxy) is 1. The van der Waals surface area contributed by atoms with Crippen molar-refractivity contribution in [1.29, 1.82) is 0 Å². The molecule has 0 aliphatic carbocycles. The van der Waals surface area contributed by atoms with Gasteiger partial charge in [0.1, 0.15) is 0 Å². The Kier molecular flexibility index (Phi) is 10.5. The van der Waals surface area contributed by atoms with E-state index in [1.807, 2.05) is 0 Å². The zero-order chi connectivity index (χ0) is 13.8. The van der Waals surface area contributed by atoms with E-state index in [1.165, 1.54) is 57.8 Å². The second-order valence-electron chi connectivity index (χ2n) is 6.13. The van der Waals surface area contributed by atoms with Crippen molar-refractivity contribution in [3.8, 4) is 0 Å². The van der Waals surface area contributed by atoms with Crippen LogP contribution in [0.5, 0.6) is 0 Å². The van der Waals surface area contributed by atoms with E-state index in [1.54, 1.807) is 0 Å². The maximum atomic E-state index is 9.92. The Morgan fingerprint density at radius 3 is 2.37 bits per heavy atom. The fourth-order valence-electron chi connectivity index (χ4n) is 2.93. The highest BCUT2D eigenvalue weighted by molar-refractivity contribution is 4.66. The topological polar surface area (TPSA) is 29.5 Å². The van der Waals surface area contributed by atoms with Crippen molar-refractivity contribution in [1.82, 2.24) is 0 Å². The second-order valence-corrected chi connectivity index (χ2v) is 6.13. The molecule has 1 aliphatic rings. The molecule has 0 aromatic carbocycles. The molecule has 2 atom stereocenters. The summed E-state index contributed by atoms with van der Waals surface area (Å²) in [6.45, 7) is 3.21. The summed E-state index contributed by atoms with van der Waals surface area (Å²) >= 11 is 0. The summed E-state index contributed by atoms with van der Waals surface area (Å²) in [6, 6.07) is 0. The van der Waals surface area contributed by atoms with Gasteiger partial charge in [-0.1, -0.05) is 51.9 Å². The first-order valence-corrected chi connectivity index (χ1v) is 8.62. The second kappa shape index (κ2) is 11.7. The molecule has 0 spiro atoms. The van der Waals surface area contributed by atoms with E-state index in [9.17, 15) is 5.11 Å². The van der Waals surface area contributed by atoms with Gasteiger partial charge < -0.3 is 9.84 Å². The van der Waals surface area contributed by atoms with E-state index in [0.29, 0.717) is 6.10 Å². The molecule has 1 rings (SSSR count). The van der Waals surface area contributed by atoms with Crippen LogP contribution >= 0.6 is 0 Å². The molecule has 1 N–H and O–H groups in total. The van der Waals surface area contributed by atoms with Crippen LogP contribution in [0.4, 0.5) is 0 Å². The minimum Gasteiger partial charge on any atom is -0.393 e. The number of aliphatic hydroxyl groups is 1. The van der Waals surface area contributed by atoms with Crippen LogP contribution in [-0.2, 0) is 4.74 Å². The van der Waals surface area contributed by atoms with Gasteiger partial charge in [0, 0.05) is 6.61 Å². The van der Waals surface area contributed by atoms with Gasteiger partial charge in [0.2, 0.25) is 0 Å². The molecule has 1 aliphatic heterocycles. The molecule has 0 aromatic heterocycles. The third-order valence-corrected chi connectivity index (χ3v) is 4.23. The lowest BCUT2D eigenvalue weighted by Gasteiger charge is -2.12. The number of unbranched alkanes of at least 4 members (excludes halogenated alkanes) is 6. The van der Waals surface area contributed by atoms with Crippen LogP contribution in [0, 0.1) is 0 Å². The van der Waals surface area contributed by atoms with E-state index < -0.39 is 0 Å². The van der Waals surface area contributed by atoms with Crippen molar-refractivity contribution >= 4 is 0 Å². The van der Waals surface area contributed by atoms with Crippen LogP contribution in [0.3, 0.4) is 0 Å². The molecule has 0 radical (unpaired) electrons. The Hall–Kier alpha value is -0.0800. The maximum absolute atomic E-state index is 9.92. The highest BCUT2D eigenvalue weighted by Crippen LogP contribution is 2.19. The molecule has 2 heteroatoms. The molecule has 0 amide bonds. The van der Waals surface area contributed by atoms with Gasteiger partial charge in [-0.25, -0.2) is 0 Å². The van der Waals surface area contributed by atoms with Gasteiger partial charge in [-0.05, 0) is 38.5 Å². The van der Waals surface area contributed by atoms with Crippen LogP contribution in [0.15, 0.2) is 0 Å². The summed E-state index contributed by atoms with van der Waals surface area (Å²) in [6.07, 6.45) is 16.4. The summed E-state index contributed by atoms with van der Waals surface area (Å²) < 4.78 is 5.60. The first kappa shape index (κ1) is 17.0. The lowest BCUT2D eigenvalue weighted by Crippen LogP contribution is -2.09. The Morgan fingerprint density at radius 2 is 1.68 bits per heavy atom. The lowest BCUT2D eigenvalue weighted by atomic mass is 10.0. The fraction of sp³-hybridized carbons (Fsp3) is 1.00. The van der Waals surface area contributed by atoms with Gasteiger partial charge in [0.15, 0.2) is 0 Å². The predicted octanol–water partition coefficient (Wildman–Crippen LogP) is 4.84. The van der Waals surface area contributed by atoms with Crippen molar-refractivity contribution < 1.29 is 9.84 Å². The van der Waals surface area contributed by atoms with Gasteiger partial charge in [-0.15, -0.1) is 0 Å². The van der Waals surface area contributed by atoms with Crippen LogP contribution in [0.2, 0.25) is 0 Å². The Labute approximate surface area is 119 Å². The Bertz CT molecular complexity index is 188. The van der Waals surface area contributed by atoms with Crippen LogP contribution in [0.25, 0.3) is 0 Å². The molecule has 0 saturated carbocycles. The molecular formula is C17H34O2. The number of aliphatic hydroxyl groups excluding tert-OH is 1. The van der Waals surface area contributed by atoms with Gasteiger partial charge in [-0.2, -0.15) is 0 Å². The highest BCUT2D eigenvalue weighted by atomic mass is 16.5. The quantitative estimate of drug-likeness (QED) is 0.514. The molecule has 0 bridgehead atoms. The maximum Gasteiger partial charge on any atom is 0.0576 e. The Morgan fingerprint density at radius 1 is 1.00 bits per heavy atom. The van der Waals surface area contributed by atoms with Gasteiger partial charge in [-0.3, -0.25) is 0 Å². The van der Waals surface area contributed by atoms with E-state index in [4.69, 9.17) is 4.74 Å². The molecule has 2 nitrogen and oxygen atoms in total. The third kappa shape index (κ3) is 9.45. The van der Waals surface area contributed by atoms with Crippen molar-refractivity contribution in [3.63, 3.8) is 0 Å². The van der Waals surface area contributed by atoms with Crippen molar-refractivity contribution in [2.24, 2.45) is 0 Å². The first-order chi connectivity index (χ1) is 9.33. The average Bonchev–Trinajstić information content (AvgIpc) is 2.91. The largest absolute Gasteiger partial charge is 0.393 e. The summed E-state index contributed by atoms with van der Waals surface area (Å²) in [7, 11) is 0. The Balaban J connectivity index is 1.80. The zero-order valence-electron chi connectivity index (χ0n) is 12.9. The molecule has 1 fully saturated rings.